The van der Waals surface area contributed by atoms with Crippen LogP contribution >= 0.6 is 27.3 Å². The monoisotopic (exact) mass is 272 g/mol. The fourth-order valence-electron chi connectivity index (χ4n) is 1.67. The van der Waals surface area contributed by atoms with Gasteiger partial charge in [0.1, 0.15) is 0 Å². The summed E-state index contributed by atoms with van der Waals surface area (Å²) in [5.41, 5.74) is 0. The molecule has 0 saturated heterocycles. The minimum Gasteiger partial charge on any atom is -0.293 e. The lowest BCUT2D eigenvalue weighted by Crippen LogP contribution is -2.12. The molecule has 0 aromatic carbocycles. The summed E-state index contributed by atoms with van der Waals surface area (Å²) in [4.78, 5) is 14.1. The first kappa shape index (κ1) is 10.4. The van der Waals surface area contributed by atoms with Gasteiger partial charge in [-0.05, 0) is 47.7 Å². The van der Waals surface area contributed by atoms with Crippen molar-refractivity contribution in [2.45, 2.75) is 26.7 Å². The summed E-state index contributed by atoms with van der Waals surface area (Å²) in [6.07, 6.45) is 2.46. The van der Waals surface area contributed by atoms with Gasteiger partial charge in [0.05, 0.1) is 4.88 Å². The Morgan fingerprint density at radius 3 is 2.71 bits per heavy atom. The van der Waals surface area contributed by atoms with Crippen LogP contribution in [0.1, 0.15) is 34.3 Å². The van der Waals surface area contributed by atoms with Crippen molar-refractivity contribution in [3.05, 3.63) is 20.3 Å². The van der Waals surface area contributed by atoms with Crippen LogP contribution in [0.3, 0.4) is 0 Å². The third-order valence-corrected chi connectivity index (χ3v) is 4.73. The van der Waals surface area contributed by atoms with Gasteiger partial charge in [0, 0.05) is 15.3 Å². The van der Waals surface area contributed by atoms with Crippen LogP contribution in [0.2, 0.25) is 0 Å². The molecule has 1 saturated carbocycles. The Balaban J connectivity index is 2.21. The molecule has 1 aromatic rings. The van der Waals surface area contributed by atoms with Gasteiger partial charge in [0.2, 0.25) is 0 Å². The molecule has 0 aliphatic heterocycles. The largest absolute Gasteiger partial charge is 0.293 e. The van der Waals surface area contributed by atoms with Gasteiger partial charge >= 0.3 is 0 Å². The molecule has 0 amide bonds. The van der Waals surface area contributed by atoms with E-state index in [1.54, 1.807) is 11.3 Å². The quantitative estimate of drug-likeness (QED) is 0.759. The predicted molar refractivity (Wildman–Crippen MR) is 63.0 cm³/mol. The summed E-state index contributed by atoms with van der Waals surface area (Å²) in [6.45, 7) is 4.09. The Morgan fingerprint density at radius 2 is 2.29 bits per heavy atom. The zero-order chi connectivity index (χ0) is 10.3. The molecule has 0 spiro atoms. The number of thiophene rings is 1. The van der Waals surface area contributed by atoms with Crippen molar-refractivity contribution in [3.63, 3.8) is 0 Å². The zero-order valence-electron chi connectivity index (χ0n) is 8.34. The lowest BCUT2D eigenvalue weighted by Gasteiger charge is -2.06. The molecule has 1 nitrogen and oxygen atoms in total. The van der Waals surface area contributed by atoms with Crippen LogP contribution in [0.25, 0.3) is 0 Å². The summed E-state index contributed by atoms with van der Waals surface area (Å²) < 4.78 is 0.970. The molecular weight excluding hydrogens is 260 g/mol. The molecule has 1 atom stereocenters. The molecule has 2 rings (SSSR count). The fraction of sp³-hybridized carbons (Fsp3) is 0.545. The number of hydrogen-bond acceptors (Lipinski definition) is 2. The van der Waals surface area contributed by atoms with Gasteiger partial charge in [-0.1, -0.05) is 6.92 Å². The zero-order valence-corrected chi connectivity index (χ0v) is 10.7. The normalized spacial score (nSPS) is 18.2. The van der Waals surface area contributed by atoms with Crippen LogP contribution in [0, 0.1) is 18.8 Å². The number of carbonyl (C=O) groups is 1. The Labute approximate surface area is 96.6 Å². The van der Waals surface area contributed by atoms with E-state index in [0.29, 0.717) is 11.7 Å². The van der Waals surface area contributed by atoms with Gasteiger partial charge in [-0.25, -0.2) is 0 Å². The first-order chi connectivity index (χ1) is 6.59. The van der Waals surface area contributed by atoms with E-state index in [1.807, 2.05) is 13.0 Å². The number of rotatable bonds is 3. The van der Waals surface area contributed by atoms with Crippen LogP contribution in [0.4, 0.5) is 0 Å². The number of hydrogen-bond donors (Lipinski definition) is 0. The number of ketones is 1. The molecule has 1 aliphatic carbocycles. The summed E-state index contributed by atoms with van der Waals surface area (Å²) >= 11 is 5.04. The van der Waals surface area contributed by atoms with Gasteiger partial charge in [-0.3, -0.25) is 4.79 Å². The van der Waals surface area contributed by atoms with Gasteiger partial charge in [0.15, 0.2) is 5.78 Å². The predicted octanol–water partition coefficient (Wildman–Crippen LogP) is 4.05. The molecule has 1 heterocycles. The van der Waals surface area contributed by atoms with Crippen molar-refractivity contribution in [3.8, 4) is 0 Å². The Hall–Kier alpha value is -0.150. The second kappa shape index (κ2) is 3.78. The minimum absolute atomic E-state index is 0.212. The first-order valence-corrected chi connectivity index (χ1v) is 6.50. The Kier molecular flexibility index (Phi) is 2.80. The molecule has 76 valence electrons. The van der Waals surface area contributed by atoms with E-state index in [1.165, 1.54) is 17.7 Å². The maximum atomic E-state index is 12.0. The molecule has 1 aromatic heterocycles. The molecule has 14 heavy (non-hydrogen) atoms. The van der Waals surface area contributed by atoms with E-state index in [9.17, 15) is 4.79 Å². The van der Waals surface area contributed by atoms with Crippen molar-refractivity contribution in [2.75, 3.05) is 0 Å². The van der Waals surface area contributed by atoms with Crippen molar-refractivity contribution < 1.29 is 4.79 Å². The smallest absolute Gasteiger partial charge is 0.177 e. The topological polar surface area (TPSA) is 17.1 Å². The summed E-state index contributed by atoms with van der Waals surface area (Å²) in [6, 6.07) is 2.03. The molecule has 1 unspecified atom stereocenters. The lowest BCUT2D eigenvalue weighted by atomic mass is 10.00. The molecule has 0 N–H and O–H groups in total. The molecule has 1 fully saturated rings. The van der Waals surface area contributed by atoms with E-state index in [4.69, 9.17) is 0 Å². The second-order valence-electron chi connectivity index (χ2n) is 4.02. The fourth-order valence-corrected chi connectivity index (χ4v) is 3.54. The molecule has 0 bridgehead atoms. The van der Waals surface area contributed by atoms with Gasteiger partial charge in [-0.15, -0.1) is 11.3 Å². The van der Waals surface area contributed by atoms with Crippen LogP contribution in [0.5, 0.6) is 0 Å². The second-order valence-corrected chi connectivity index (χ2v) is 6.14. The van der Waals surface area contributed by atoms with Crippen LogP contribution in [-0.2, 0) is 0 Å². The van der Waals surface area contributed by atoms with E-state index < -0.39 is 0 Å². The maximum Gasteiger partial charge on any atom is 0.177 e. The van der Waals surface area contributed by atoms with Crippen LogP contribution in [0.15, 0.2) is 10.5 Å². The Morgan fingerprint density at radius 1 is 1.64 bits per heavy atom. The van der Waals surface area contributed by atoms with Crippen LogP contribution < -0.4 is 0 Å². The highest BCUT2D eigenvalue weighted by Gasteiger charge is 2.34. The molecular formula is C11H13BrOS. The Bertz CT molecular complexity index is 365. The first-order valence-electron chi connectivity index (χ1n) is 4.89. The van der Waals surface area contributed by atoms with Crippen molar-refractivity contribution >= 4 is 33.0 Å². The van der Waals surface area contributed by atoms with Gasteiger partial charge in [0.25, 0.3) is 0 Å². The van der Waals surface area contributed by atoms with Crippen molar-refractivity contribution in [1.82, 2.24) is 0 Å². The SMILES string of the molecule is Cc1cc(Br)c(C(=O)C(C)C2CC2)s1. The van der Waals surface area contributed by atoms with E-state index >= 15 is 0 Å². The lowest BCUT2D eigenvalue weighted by molar-refractivity contribution is 0.0920. The third-order valence-electron chi connectivity index (χ3n) is 2.78. The molecule has 3 heteroatoms. The molecule has 1 aliphatic rings. The van der Waals surface area contributed by atoms with Crippen LogP contribution in [-0.4, -0.2) is 5.78 Å². The van der Waals surface area contributed by atoms with Gasteiger partial charge in [-0.2, -0.15) is 0 Å². The van der Waals surface area contributed by atoms with Crippen molar-refractivity contribution in [1.29, 1.82) is 0 Å². The number of halogens is 1. The molecule has 0 radical (unpaired) electrons. The summed E-state index contributed by atoms with van der Waals surface area (Å²) in [5, 5.41) is 0. The maximum absolute atomic E-state index is 12.0. The highest BCUT2D eigenvalue weighted by molar-refractivity contribution is 9.10. The van der Waals surface area contributed by atoms with Gasteiger partial charge < -0.3 is 0 Å². The van der Waals surface area contributed by atoms with E-state index in [2.05, 4.69) is 22.9 Å². The van der Waals surface area contributed by atoms with E-state index in [-0.39, 0.29) is 5.92 Å². The van der Waals surface area contributed by atoms with E-state index in [0.717, 1.165) is 9.35 Å². The van der Waals surface area contributed by atoms with Crippen molar-refractivity contribution in [2.24, 2.45) is 11.8 Å². The number of Topliss-reactive ketones (excluding diaryl/α,β-unsaturated/α-hetero) is 1. The average molecular weight is 273 g/mol. The number of aryl methyl sites for hydroxylation is 1. The summed E-state index contributed by atoms with van der Waals surface area (Å²) in [7, 11) is 0. The standard InChI is InChI=1S/C11H13BrOS/c1-6-5-9(12)11(14-6)10(13)7(2)8-3-4-8/h5,7-8H,3-4H2,1-2H3. The average Bonchev–Trinajstić information content (AvgIpc) is 2.90. The number of carbonyl (C=O) groups excluding carboxylic acids is 1. The third kappa shape index (κ3) is 1.94. The minimum atomic E-state index is 0.212. The summed E-state index contributed by atoms with van der Waals surface area (Å²) in [5.74, 6) is 1.18. The highest BCUT2D eigenvalue weighted by Crippen LogP contribution is 2.40. The highest BCUT2D eigenvalue weighted by atomic mass is 79.9.